The van der Waals surface area contributed by atoms with E-state index >= 15 is 0 Å². The molecule has 6 nitrogen and oxygen atoms in total. The van der Waals surface area contributed by atoms with Gasteiger partial charge < -0.3 is 10.1 Å². The van der Waals surface area contributed by atoms with Crippen molar-refractivity contribution in [2.45, 2.75) is 18.5 Å². The highest BCUT2D eigenvalue weighted by Gasteiger charge is 2.07. The van der Waals surface area contributed by atoms with Gasteiger partial charge in [-0.1, -0.05) is 30.0 Å². The number of nitrogens with zero attached hydrogens (tertiary/aromatic N) is 2. The highest BCUT2D eigenvalue weighted by atomic mass is 32.2. The van der Waals surface area contributed by atoms with Crippen molar-refractivity contribution in [1.82, 2.24) is 20.5 Å². The Bertz CT molecular complexity index is 600. The van der Waals surface area contributed by atoms with Gasteiger partial charge in [0.05, 0.1) is 12.9 Å². The minimum Gasteiger partial charge on any atom is -0.496 e. The van der Waals surface area contributed by atoms with Gasteiger partial charge in [-0.05, 0) is 25.0 Å². The molecule has 1 aromatic carbocycles. The molecule has 2 N–H and O–H groups in total. The lowest BCUT2D eigenvalue weighted by Gasteiger charge is -2.08. The summed E-state index contributed by atoms with van der Waals surface area (Å²) in [5.74, 6) is 1.87. The summed E-state index contributed by atoms with van der Waals surface area (Å²) < 4.78 is 5.27. The zero-order chi connectivity index (χ0) is 15.1. The van der Waals surface area contributed by atoms with E-state index in [1.165, 1.54) is 11.8 Å². The molecular formula is C14H18N4O2S. The van der Waals surface area contributed by atoms with Gasteiger partial charge in [0.1, 0.15) is 11.6 Å². The minimum absolute atomic E-state index is 0.0302. The first-order valence-corrected chi connectivity index (χ1v) is 7.58. The van der Waals surface area contributed by atoms with Crippen molar-refractivity contribution in [1.29, 1.82) is 0 Å². The molecule has 2 rings (SSSR count). The maximum absolute atomic E-state index is 11.7. The topological polar surface area (TPSA) is 79.9 Å². The smallest absolute Gasteiger partial charge is 0.230 e. The van der Waals surface area contributed by atoms with Gasteiger partial charge in [0.25, 0.3) is 0 Å². The van der Waals surface area contributed by atoms with Crippen LogP contribution in [0.15, 0.2) is 29.4 Å². The van der Waals surface area contributed by atoms with Crippen molar-refractivity contribution in [2.75, 3.05) is 19.4 Å². The Morgan fingerprint density at radius 1 is 1.43 bits per heavy atom. The molecular weight excluding hydrogens is 288 g/mol. The highest BCUT2D eigenvalue weighted by Crippen LogP contribution is 2.17. The molecule has 0 bridgehead atoms. The average Bonchev–Trinajstić information content (AvgIpc) is 2.91. The van der Waals surface area contributed by atoms with Crippen molar-refractivity contribution < 1.29 is 9.53 Å². The molecule has 21 heavy (non-hydrogen) atoms. The summed E-state index contributed by atoms with van der Waals surface area (Å²) in [5.41, 5.74) is 1.08. The summed E-state index contributed by atoms with van der Waals surface area (Å²) in [6.07, 6.45) is 0.736. The molecule has 1 heterocycles. The predicted octanol–water partition coefficient (Wildman–Crippen LogP) is 1.57. The Kier molecular flexibility index (Phi) is 5.62. The standard InChI is InChI=1S/C14H18N4O2S/c1-10-16-14(18-17-10)21-9-13(19)15-8-7-11-5-3-4-6-12(11)20-2/h3-6H,7-9H2,1-2H3,(H,15,19)(H,16,17,18). The third-order valence-electron chi connectivity index (χ3n) is 2.82. The second-order valence-corrected chi connectivity index (χ2v) is 5.35. The largest absolute Gasteiger partial charge is 0.496 e. The monoisotopic (exact) mass is 306 g/mol. The number of carbonyl (C=O) groups excluding carboxylic acids is 1. The second kappa shape index (κ2) is 7.68. The number of hydrogen-bond donors (Lipinski definition) is 2. The number of methoxy groups -OCH3 is 1. The second-order valence-electron chi connectivity index (χ2n) is 4.40. The number of aromatic amines is 1. The van der Waals surface area contributed by atoms with Crippen LogP contribution in [0.1, 0.15) is 11.4 Å². The first kappa shape index (κ1) is 15.4. The molecule has 0 aliphatic heterocycles. The van der Waals surface area contributed by atoms with E-state index in [0.717, 1.165) is 23.6 Å². The molecule has 1 amide bonds. The van der Waals surface area contributed by atoms with E-state index in [1.807, 2.05) is 31.2 Å². The Hall–Kier alpha value is -2.02. The lowest BCUT2D eigenvalue weighted by molar-refractivity contribution is -0.118. The van der Waals surface area contributed by atoms with Crippen LogP contribution < -0.4 is 10.1 Å². The van der Waals surface area contributed by atoms with Crippen molar-refractivity contribution >= 4 is 17.7 Å². The normalized spacial score (nSPS) is 10.4. The minimum atomic E-state index is -0.0302. The van der Waals surface area contributed by atoms with Crippen LogP contribution in [-0.4, -0.2) is 40.5 Å². The van der Waals surface area contributed by atoms with E-state index in [1.54, 1.807) is 7.11 Å². The fourth-order valence-electron chi connectivity index (χ4n) is 1.81. The number of carbonyl (C=O) groups is 1. The summed E-state index contributed by atoms with van der Waals surface area (Å²) in [6.45, 7) is 2.40. The van der Waals surface area contributed by atoms with Gasteiger partial charge in [0.2, 0.25) is 11.1 Å². The fraction of sp³-hybridized carbons (Fsp3) is 0.357. The van der Waals surface area contributed by atoms with Crippen molar-refractivity contribution in [3.63, 3.8) is 0 Å². The number of aryl methyl sites for hydroxylation is 1. The van der Waals surface area contributed by atoms with Crippen LogP contribution in [0, 0.1) is 6.92 Å². The Morgan fingerprint density at radius 2 is 2.24 bits per heavy atom. The van der Waals surface area contributed by atoms with Crippen LogP contribution in [0.4, 0.5) is 0 Å². The number of aromatic nitrogens is 3. The first-order chi connectivity index (χ1) is 10.2. The van der Waals surface area contributed by atoms with Crippen LogP contribution in [0.25, 0.3) is 0 Å². The highest BCUT2D eigenvalue weighted by molar-refractivity contribution is 7.99. The van der Waals surface area contributed by atoms with Gasteiger partial charge in [0.15, 0.2) is 0 Å². The Balaban J connectivity index is 1.71. The maximum Gasteiger partial charge on any atom is 0.230 e. The summed E-state index contributed by atoms with van der Waals surface area (Å²) >= 11 is 1.31. The van der Waals surface area contributed by atoms with Crippen molar-refractivity contribution in [2.24, 2.45) is 0 Å². The molecule has 0 saturated carbocycles. The quantitative estimate of drug-likeness (QED) is 0.759. The third-order valence-corrected chi connectivity index (χ3v) is 3.67. The molecule has 0 aliphatic carbocycles. The zero-order valence-corrected chi connectivity index (χ0v) is 12.9. The number of ether oxygens (including phenoxy) is 1. The molecule has 0 fully saturated rings. The van der Waals surface area contributed by atoms with Crippen molar-refractivity contribution in [3.05, 3.63) is 35.7 Å². The van der Waals surface area contributed by atoms with Crippen LogP contribution in [0.5, 0.6) is 5.75 Å². The van der Waals surface area contributed by atoms with Crippen LogP contribution in [-0.2, 0) is 11.2 Å². The molecule has 0 radical (unpaired) electrons. The molecule has 0 saturated heterocycles. The van der Waals surface area contributed by atoms with E-state index in [0.29, 0.717) is 17.5 Å². The number of amides is 1. The number of hydrogen-bond acceptors (Lipinski definition) is 5. The summed E-state index contributed by atoms with van der Waals surface area (Å²) in [6, 6.07) is 7.80. The van der Waals surface area contributed by atoms with E-state index in [2.05, 4.69) is 20.5 Å². The number of nitrogens with one attached hydrogen (secondary N) is 2. The third kappa shape index (κ3) is 4.78. The fourth-order valence-corrected chi connectivity index (χ4v) is 2.49. The van der Waals surface area contributed by atoms with Crippen LogP contribution >= 0.6 is 11.8 Å². The number of para-hydroxylation sites is 1. The molecule has 1 aromatic heterocycles. The van der Waals surface area contributed by atoms with E-state index in [4.69, 9.17) is 4.74 Å². The van der Waals surface area contributed by atoms with E-state index in [9.17, 15) is 4.79 Å². The van der Waals surface area contributed by atoms with Crippen LogP contribution in [0.3, 0.4) is 0 Å². The predicted molar refractivity (Wildman–Crippen MR) is 81.6 cm³/mol. The molecule has 2 aromatic rings. The zero-order valence-electron chi connectivity index (χ0n) is 12.0. The van der Waals surface area contributed by atoms with E-state index < -0.39 is 0 Å². The summed E-state index contributed by atoms with van der Waals surface area (Å²) in [4.78, 5) is 15.9. The Labute approximate surface area is 127 Å². The average molecular weight is 306 g/mol. The molecule has 0 atom stereocenters. The van der Waals surface area contributed by atoms with Crippen molar-refractivity contribution in [3.8, 4) is 5.75 Å². The van der Waals surface area contributed by atoms with Gasteiger partial charge in [0, 0.05) is 6.54 Å². The van der Waals surface area contributed by atoms with Gasteiger partial charge in [-0.15, -0.1) is 5.10 Å². The maximum atomic E-state index is 11.7. The number of rotatable bonds is 7. The lowest BCUT2D eigenvalue weighted by Crippen LogP contribution is -2.27. The number of H-pyrrole nitrogens is 1. The molecule has 0 spiro atoms. The van der Waals surface area contributed by atoms with E-state index in [-0.39, 0.29) is 5.91 Å². The van der Waals surface area contributed by atoms with Gasteiger partial charge in [-0.25, -0.2) is 4.98 Å². The van der Waals surface area contributed by atoms with Gasteiger partial charge in [-0.3, -0.25) is 9.89 Å². The SMILES string of the molecule is COc1ccccc1CCNC(=O)CSc1n[nH]c(C)n1. The molecule has 0 aliphatic rings. The number of thioether (sulfide) groups is 1. The lowest BCUT2D eigenvalue weighted by atomic mass is 10.1. The molecule has 7 heteroatoms. The molecule has 0 unspecified atom stereocenters. The summed E-state index contributed by atoms with van der Waals surface area (Å²) in [5, 5.41) is 10.2. The van der Waals surface area contributed by atoms with Gasteiger partial charge in [-0.2, -0.15) is 0 Å². The van der Waals surface area contributed by atoms with Gasteiger partial charge >= 0.3 is 0 Å². The molecule has 112 valence electrons. The Morgan fingerprint density at radius 3 is 2.95 bits per heavy atom. The van der Waals surface area contributed by atoms with Crippen LogP contribution in [0.2, 0.25) is 0 Å². The first-order valence-electron chi connectivity index (χ1n) is 6.59. The number of benzene rings is 1. The summed E-state index contributed by atoms with van der Waals surface area (Å²) in [7, 11) is 1.65.